The molecule has 0 saturated heterocycles. The van der Waals surface area contributed by atoms with E-state index in [0.29, 0.717) is 0 Å². The molecule has 26 heavy (non-hydrogen) atoms. The highest BCUT2D eigenvalue weighted by atomic mass is 31.2. The maximum absolute atomic E-state index is 11.0. The second kappa shape index (κ2) is 16.5. The number of phosphoric acid groups is 2. The Labute approximate surface area is 150 Å². The molecular formula is C8H23N2O13P3. The van der Waals surface area contributed by atoms with Crippen LogP contribution in [0.4, 0.5) is 0 Å². The van der Waals surface area contributed by atoms with E-state index in [1.54, 1.807) is 0 Å². The van der Waals surface area contributed by atoms with E-state index < -0.39 is 35.8 Å². The minimum absolute atomic E-state index is 0.364. The number of carbonyl (C=O) groups excluding carboxylic acids is 2. The van der Waals surface area contributed by atoms with Crippen molar-refractivity contribution in [2.24, 2.45) is 11.5 Å². The van der Waals surface area contributed by atoms with Crippen LogP contribution in [0.15, 0.2) is 0 Å². The van der Waals surface area contributed by atoms with Crippen LogP contribution in [0.5, 0.6) is 0 Å². The summed E-state index contributed by atoms with van der Waals surface area (Å²) in [5, 5.41) is 0. The number of hydrogen-bond donors (Lipinski definition) is 4. The lowest BCUT2D eigenvalue weighted by molar-refractivity contribution is -0.135. The lowest BCUT2D eigenvalue weighted by atomic mass is 10.7. The first-order valence-corrected chi connectivity index (χ1v) is 10.3. The van der Waals surface area contributed by atoms with Crippen molar-refractivity contribution in [3.8, 4) is 0 Å². The standard InChI is InChI=1S/2C4H10NO5P.H3O3P/c2*1-8-11(7,9-2)10-4(6)3-5;1-4(2)3/h2*3,5H2,1-2H3;4H,(H2,1,2,3). The fourth-order valence-electron chi connectivity index (χ4n) is 0.622. The molecule has 0 spiro atoms. The maximum atomic E-state index is 11.0. The van der Waals surface area contributed by atoms with Gasteiger partial charge in [-0.2, -0.15) is 0 Å². The molecule has 0 radical (unpaired) electrons. The zero-order valence-electron chi connectivity index (χ0n) is 14.3. The third kappa shape index (κ3) is 18.1. The first kappa shape index (κ1) is 30.1. The number of hydrogen-bond acceptors (Lipinski definition) is 13. The normalized spacial score (nSPS) is 10.8. The molecule has 0 aromatic rings. The molecule has 6 N–H and O–H groups in total. The number of carbonyl (C=O) groups is 2. The SMILES string of the molecule is COP(=O)(OC)OC(=O)CN.COP(=O)(OC)OC(=O)CN.O=[PH](O)O. The van der Waals surface area contributed by atoms with Crippen LogP contribution in [0.1, 0.15) is 0 Å². The smallest absolute Gasteiger partial charge is 0.369 e. The highest BCUT2D eigenvalue weighted by molar-refractivity contribution is 7.49. The molecule has 0 rings (SSSR count). The Kier molecular flexibility index (Phi) is 19.0. The molecule has 0 amide bonds. The first-order chi connectivity index (χ1) is 11.9. The summed E-state index contributed by atoms with van der Waals surface area (Å²) in [6.45, 7) is -0.729. The topological polar surface area (TPSA) is 233 Å². The van der Waals surface area contributed by atoms with E-state index in [1.165, 1.54) is 0 Å². The molecule has 0 bridgehead atoms. The van der Waals surface area contributed by atoms with E-state index in [4.69, 9.17) is 25.8 Å². The number of rotatable bonds is 8. The van der Waals surface area contributed by atoms with Gasteiger partial charge in [0.05, 0.1) is 13.1 Å². The predicted molar refractivity (Wildman–Crippen MR) is 87.0 cm³/mol. The van der Waals surface area contributed by atoms with Gasteiger partial charge in [0.2, 0.25) is 0 Å². The average molecular weight is 448 g/mol. The van der Waals surface area contributed by atoms with E-state index in [0.717, 1.165) is 28.4 Å². The first-order valence-electron chi connectivity index (χ1n) is 6.09. The molecule has 0 aromatic heterocycles. The number of phosphoric ester groups is 2. The van der Waals surface area contributed by atoms with Crippen molar-refractivity contribution < 1.29 is 60.2 Å². The van der Waals surface area contributed by atoms with Crippen LogP contribution in [0.3, 0.4) is 0 Å². The summed E-state index contributed by atoms with van der Waals surface area (Å²) in [5.41, 5.74) is 9.76. The third-order valence-corrected chi connectivity index (χ3v) is 4.30. The van der Waals surface area contributed by atoms with Crippen molar-refractivity contribution >= 4 is 35.8 Å². The molecule has 15 nitrogen and oxygen atoms in total. The minimum Gasteiger partial charge on any atom is -0.369 e. The van der Waals surface area contributed by atoms with Gasteiger partial charge in [-0.1, -0.05) is 0 Å². The van der Waals surface area contributed by atoms with Gasteiger partial charge in [-0.15, -0.1) is 0 Å². The Hall–Kier alpha value is -0.690. The van der Waals surface area contributed by atoms with Crippen LogP contribution in [0.25, 0.3) is 0 Å². The van der Waals surface area contributed by atoms with Gasteiger partial charge < -0.3 is 30.3 Å². The molecule has 0 aromatic carbocycles. The quantitative estimate of drug-likeness (QED) is 0.331. The zero-order valence-corrected chi connectivity index (χ0v) is 17.1. The van der Waals surface area contributed by atoms with Gasteiger partial charge in [0.15, 0.2) is 0 Å². The second-order valence-electron chi connectivity index (χ2n) is 3.24. The van der Waals surface area contributed by atoms with E-state index in [2.05, 4.69) is 27.1 Å². The maximum Gasteiger partial charge on any atom is 0.531 e. The van der Waals surface area contributed by atoms with Crippen molar-refractivity contribution in [1.82, 2.24) is 0 Å². The van der Waals surface area contributed by atoms with Crippen molar-refractivity contribution in [3.63, 3.8) is 0 Å². The summed E-state index contributed by atoms with van der Waals surface area (Å²) >= 11 is 0. The Bertz CT molecular complexity index is 468. The van der Waals surface area contributed by atoms with Crippen LogP contribution >= 0.6 is 23.9 Å². The second-order valence-corrected chi connectivity index (χ2v) is 7.42. The van der Waals surface area contributed by atoms with Crippen LogP contribution < -0.4 is 11.5 Å². The van der Waals surface area contributed by atoms with Crippen LogP contribution in [0.2, 0.25) is 0 Å². The molecule has 0 fully saturated rings. The molecule has 0 heterocycles. The van der Waals surface area contributed by atoms with E-state index in [9.17, 15) is 18.7 Å². The predicted octanol–water partition coefficient (Wildman–Crippen LogP) is -0.861. The van der Waals surface area contributed by atoms with E-state index >= 15 is 0 Å². The molecule has 0 unspecified atom stereocenters. The molecule has 0 saturated carbocycles. The van der Waals surface area contributed by atoms with Crippen molar-refractivity contribution in [2.75, 3.05) is 41.5 Å². The Morgan fingerprint density at radius 3 is 1.12 bits per heavy atom. The van der Waals surface area contributed by atoms with Gasteiger partial charge in [-0.25, -0.2) is 9.13 Å². The lowest BCUT2D eigenvalue weighted by Crippen LogP contribution is -2.16. The minimum atomic E-state index is -3.68. The Balaban J connectivity index is -0.000000338. The van der Waals surface area contributed by atoms with Crippen molar-refractivity contribution in [1.29, 1.82) is 0 Å². The van der Waals surface area contributed by atoms with E-state index in [1.807, 2.05) is 0 Å². The molecule has 0 aliphatic rings. The lowest BCUT2D eigenvalue weighted by Gasteiger charge is -2.11. The number of nitrogens with two attached hydrogens (primary N) is 2. The Morgan fingerprint density at radius 2 is 1.00 bits per heavy atom. The molecule has 158 valence electrons. The molecule has 0 aliphatic carbocycles. The zero-order chi connectivity index (χ0) is 21.4. The summed E-state index contributed by atoms with van der Waals surface area (Å²) in [4.78, 5) is 35.2. The molecule has 0 aliphatic heterocycles. The van der Waals surface area contributed by atoms with Crippen molar-refractivity contribution in [3.05, 3.63) is 0 Å². The average Bonchev–Trinajstić information content (AvgIpc) is 2.61. The van der Waals surface area contributed by atoms with Gasteiger partial charge >= 0.3 is 35.8 Å². The van der Waals surface area contributed by atoms with Gasteiger partial charge in [-0.3, -0.25) is 32.2 Å². The molecular weight excluding hydrogens is 425 g/mol. The fraction of sp³-hybridized carbons (Fsp3) is 0.750. The summed E-state index contributed by atoms with van der Waals surface area (Å²) in [6, 6.07) is 0. The van der Waals surface area contributed by atoms with Crippen LogP contribution in [-0.2, 0) is 50.4 Å². The van der Waals surface area contributed by atoms with Crippen molar-refractivity contribution in [2.45, 2.75) is 0 Å². The van der Waals surface area contributed by atoms with Crippen LogP contribution in [-0.4, -0.2) is 63.3 Å². The van der Waals surface area contributed by atoms with Gasteiger partial charge in [0.25, 0.3) is 0 Å². The molecule has 0 atom stereocenters. The van der Waals surface area contributed by atoms with E-state index in [-0.39, 0.29) is 13.1 Å². The summed E-state index contributed by atoms with van der Waals surface area (Å²) in [5.74, 6) is -1.67. The van der Waals surface area contributed by atoms with Gasteiger partial charge in [0.1, 0.15) is 0 Å². The van der Waals surface area contributed by atoms with Crippen LogP contribution in [0, 0.1) is 0 Å². The third-order valence-electron chi connectivity index (χ3n) is 1.66. The highest BCUT2D eigenvalue weighted by Gasteiger charge is 2.27. The Morgan fingerprint density at radius 1 is 0.808 bits per heavy atom. The highest BCUT2D eigenvalue weighted by Crippen LogP contribution is 2.48. The summed E-state index contributed by atoms with van der Waals surface area (Å²) in [7, 11) is -6.08. The summed E-state index contributed by atoms with van der Waals surface area (Å²) < 4.78 is 56.3. The largest absolute Gasteiger partial charge is 0.531 e. The summed E-state index contributed by atoms with van der Waals surface area (Å²) in [6.07, 6.45) is 0. The monoisotopic (exact) mass is 448 g/mol. The van der Waals surface area contributed by atoms with Gasteiger partial charge in [-0.05, 0) is 0 Å². The molecule has 18 heteroatoms. The fourth-order valence-corrected chi connectivity index (χ4v) is 1.87. The van der Waals surface area contributed by atoms with Gasteiger partial charge in [0, 0.05) is 28.4 Å².